The second-order valence-electron chi connectivity index (χ2n) is 3.93. The molecule has 1 fully saturated rings. The Morgan fingerprint density at radius 2 is 2.29 bits per heavy atom. The molecule has 1 atom stereocenters. The Kier molecular flexibility index (Phi) is 4.91. The molecule has 0 spiro atoms. The first-order valence-electron chi connectivity index (χ1n) is 5.59. The molecule has 0 aromatic heterocycles. The molecule has 1 heterocycles. The summed E-state index contributed by atoms with van der Waals surface area (Å²) in [5.74, 6) is -0.201. The van der Waals surface area contributed by atoms with Gasteiger partial charge in [0.15, 0.2) is 0 Å². The largest absolute Gasteiger partial charge is 0.376 e. The van der Waals surface area contributed by atoms with E-state index in [9.17, 15) is 4.39 Å². The van der Waals surface area contributed by atoms with E-state index in [1.54, 1.807) is 6.07 Å². The van der Waals surface area contributed by atoms with Crippen LogP contribution in [0.15, 0.2) is 22.7 Å². The Hall–Kier alpha value is -0.490. The van der Waals surface area contributed by atoms with Crippen LogP contribution >= 0.6 is 15.9 Å². The van der Waals surface area contributed by atoms with Crippen molar-refractivity contribution >= 4 is 15.9 Å². The molecule has 1 aromatic rings. The first kappa shape index (κ1) is 13.0. The van der Waals surface area contributed by atoms with E-state index < -0.39 is 0 Å². The van der Waals surface area contributed by atoms with Crippen LogP contribution in [0.1, 0.15) is 5.56 Å². The number of hydrogen-bond donors (Lipinski definition) is 1. The van der Waals surface area contributed by atoms with E-state index in [2.05, 4.69) is 21.2 Å². The third-order valence-electron chi connectivity index (χ3n) is 2.59. The lowest BCUT2D eigenvalue weighted by Gasteiger charge is -2.23. The van der Waals surface area contributed by atoms with E-state index in [1.807, 2.05) is 6.07 Å². The lowest BCUT2D eigenvalue weighted by atomic mass is 10.2. The van der Waals surface area contributed by atoms with E-state index in [-0.39, 0.29) is 11.9 Å². The molecule has 3 nitrogen and oxygen atoms in total. The fourth-order valence-electron chi connectivity index (χ4n) is 1.69. The highest BCUT2D eigenvalue weighted by Gasteiger charge is 2.13. The van der Waals surface area contributed by atoms with Crippen molar-refractivity contribution in [3.63, 3.8) is 0 Å². The summed E-state index contributed by atoms with van der Waals surface area (Å²) in [7, 11) is 0. The fourth-order valence-corrected chi connectivity index (χ4v) is 2.02. The van der Waals surface area contributed by atoms with Crippen LogP contribution in [-0.4, -0.2) is 32.5 Å². The van der Waals surface area contributed by atoms with Gasteiger partial charge in [0.25, 0.3) is 0 Å². The SMILES string of the molecule is Fc1cc(Br)ccc1CNCC1COCCO1. The quantitative estimate of drug-likeness (QED) is 0.924. The lowest BCUT2D eigenvalue weighted by molar-refractivity contribution is -0.0864. The highest BCUT2D eigenvalue weighted by Crippen LogP contribution is 2.15. The lowest BCUT2D eigenvalue weighted by Crippen LogP contribution is -2.37. The minimum Gasteiger partial charge on any atom is -0.376 e. The Bertz CT molecular complexity index is 370. The predicted octanol–water partition coefficient (Wildman–Crippen LogP) is 2.09. The number of hydrogen-bond acceptors (Lipinski definition) is 3. The monoisotopic (exact) mass is 303 g/mol. The van der Waals surface area contributed by atoms with Crippen LogP contribution in [0.5, 0.6) is 0 Å². The van der Waals surface area contributed by atoms with Crippen LogP contribution in [0.25, 0.3) is 0 Å². The van der Waals surface area contributed by atoms with E-state index in [4.69, 9.17) is 9.47 Å². The molecule has 5 heteroatoms. The summed E-state index contributed by atoms with van der Waals surface area (Å²) < 4.78 is 25.0. The Morgan fingerprint density at radius 1 is 1.41 bits per heavy atom. The smallest absolute Gasteiger partial charge is 0.128 e. The summed E-state index contributed by atoms with van der Waals surface area (Å²) in [5.41, 5.74) is 0.657. The van der Waals surface area contributed by atoms with Gasteiger partial charge >= 0.3 is 0 Å². The van der Waals surface area contributed by atoms with Crippen molar-refractivity contribution in [3.05, 3.63) is 34.1 Å². The molecule has 0 amide bonds. The normalized spacial score (nSPS) is 20.5. The molecule has 1 aliphatic rings. The summed E-state index contributed by atoms with van der Waals surface area (Å²) in [6.07, 6.45) is 0.0715. The molecule has 0 bridgehead atoms. The molecule has 0 saturated carbocycles. The average molecular weight is 304 g/mol. The van der Waals surface area contributed by atoms with E-state index in [0.29, 0.717) is 38.5 Å². The molecular weight excluding hydrogens is 289 g/mol. The van der Waals surface area contributed by atoms with Gasteiger partial charge in [0.2, 0.25) is 0 Å². The van der Waals surface area contributed by atoms with Crippen LogP contribution < -0.4 is 5.32 Å². The number of rotatable bonds is 4. The highest BCUT2D eigenvalue weighted by atomic mass is 79.9. The average Bonchev–Trinajstić information content (AvgIpc) is 2.33. The molecule has 2 rings (SSSR count). The molecule has 17 heavy (non-hydrogen) atoms. The van der Waals surface area contributed by atoms with E-state index in [1.165, 1.54) is 6.07 Å². The number of benzene rings is 1. The summed E-state index contributed by atoms with van der Waals surface area (Å²) >= 11 is 3.23. The maximum absolute atomic E-state index is 13.5. The van der Waals surface area contributed by atoms with Gasteiger partial charge in [-0.2, -0.15) is 0 Å². The summed E-state index contributed by atoms with van der Waals surface area (Å²) in [5, 5.41) is 3.17. The highest BCUT2D eigenvalue weighted by molar-refractivity contribution is 9.10. The summed E-state index contributed by atoms with van der Waals surface area (Å²) in [4.78, 5) is 0. The Balaban J connectivity index is 1.77. The standard InChI is InChI=1S/C12H15BrFNO2/c13-10-2-1-9(12(14)5-10)6-15-7-11-8-16-3-4-17-11/h1-2,5,11,15H,3-4,6-8H2. The predicted molar refractivity (Wildman–Crippen MR) is 66.4 cm³/mol. The third kappa shape index (κ3) is 4.03. The van der Waals surface area contributed by atoms with Crippen LogP contribution in [0.4, 0.5) is 4.39 Å². The second kappa shape index (κ2) is 6.44. The van der Waals surface area contributed by atoms with Crippen molar-refractivity contribution in [3.8, 4) is 0 Å². The van der Waals surface area contributed by atoms with Gasteiger partial charge in [-0.25, -0.2) is 4.39 Å². The molecule has 0 aliphatic carbocycles. The first-order valence-corrected chi connectivity index (χ1v) is 6.39. The van der Waals surface area contributed by atoms with Gasteiger partial charge in [0, 0.05) is 23.1 Å². The fraction of sp³-hybridized carbons (Fsp3) is 0.500. The van der Waals surface area contributed by atoms with Crippen molar-refractivity contribution < 1.29 is 13.9 Å². The molecule has 0 radical (unpaired) electrons. The van der Waals surface area contributed by atoms with Crippen molar-refractivity contribution in [2.45, 2.75) is 12.6 Å². The summed E-state index contributed by atoms with van der Waals surface area (Å²) in [6.45, 7) is 3.08. The third-order valence-corrected chi connectivity index (χ3v) is 3.08. The van der Waals surface area contributed by atoms with Gasteiger partial charge in [0.1, 0.15) is 5.82 Å². The van der Waals surface area contributed by atoms with Crippen LogP contribution in [0.2, 0.25) is 0 Å². The van der Waals surface area contributed by atoms with Gasteiger partial charge in [-0.15, -0.1) is 0 Å². The van der Waals surface area contributed by atoms with Crippen molar-refractivity contribution in [2.24, 2.45) is 0 Å². The maximum Gasteiger partial charge on any atom is 0.128 e. The molecular formula is C12H15BrFNO2. The molecule has 1 N–H and O–H groups in total. The van der Waals surface area contributed by atoms with E-state index in [0.717, 1.165) is 4.47 Å². The zero-order valence-corrected chi connectivity index (χ0v) is 11.0. The van der Waals surface area contributed by atoms with Crippen molar-refractivity contribution in [2.75, 3.05) is 26.4 Å². The van der Waals surface area contributed by atoms with Gasteiger partial charge in [-0.1, -0.05) is 22.0 Å². The van der Waals surface area contributed by atoms with Crippen LogP contribution in [-0.2, 0) is 16.0 Å². The van der Waals surface area contributed by atoms with Gasteiger partial charge in [0.05, 0.1) is 25.9 Å². The Morgan fingerprint density at radius 3 is 3.00 bits per heavy atom. The first-order chi connectivity index (χ1) is 8.25. The molecule has 94 valence electrons. The molecule has 1 saturated heterocycles. The Labute approximate surface area is 108 Å². The van der Waals surface area contributed by atoms with Crippen molar-refractivity contribution in [1.29, 1.82) is 0 Å². The maximum atomic E-state index is 13.5. The van der Waals surface area contributed by atoms with Crippen LogP contribution in [0.3, 0.4) is 0 Å². The van der Waals surface area contributed by atoms with Crippen molar-refractivity contribution in [1.82, 2.24) is 5.32 Å². The van der Waals surface area contributed by atoms with Gasteiger partial charge < -0.3 is 14.8 Å². The van der Waals surface area contributed by atoms with Gasteiger partial charge in [-0.3, -0.25) is 0 Å². The zero-order chi connectivity index (χ0) is 12.1. The van der Waals surface area contributed by atoms with Gasteiger partial charge in [-0.05, 0) is 12.1 Å². The zero-order valence-electron chi connectivity index (χ0n) is 9.42. The number of halogens is 2. The minimum absolute atomic E-state index is 0.0715. The topological polar surface area (TPSA) is 30.5 Å². The summed E-state index contributed by atoms with van der Waals surface area (Å²) in [6, 6.07) is 5.07. The number of nitrogens with one attached hydrogen (secondary N) is 1. The molecule has 1 aliphatic heterocycles. The van der Waals surface area contributed by atoms with E-state index >= 15 is 0 Å². The van der Waals surface area contributed by atoms with Crippen LogP contribution in [0, 0.1) is 5.82 Å². The molecule has 1 aromatic carbocycles. The number of ether oxygens (including phenoxy) is 2. The minimum atomic E-state index is -0.201. The second-order valence-corrected chi connectivity index (χ2v) is 4.85. The molecule has 1 unspecified atom stereocenters.